The van der Waals surface area contributed by atoms with Crippen LogP contribution in [0.4, 0.5) is 26.3 Å². The standard InChI is InChI=1S/C12H12F6N2O/c1-2-9(10(19)20)21-8-4-6(11(13,14)15)3-7(5-8)12(16,17)18/h3-5,9H,2H2,1H3,(H3,19,20). The van der Waals surface area contributed by atoms with Crippen molar-refractivity contribution in [3.05, 3.63) is 29.3 Å². The van der Waals surface area contributed by atoms with Crippen LogP contribution < -0.4 is 10.5 Å². The molecule has 0 aliphatic heterocycles. The molecule has 1 unspecified atom stereocenters. The van der Waals surface area contributed by atoms with E-state index in [9.17, 15) is 26.3 Å². The number of alkyl halides is 6. The van der Waals surface area contributed by atoms with Gasteiger partial charge in [-0.1, -0.05) is 6.92 Å². The Labute approximate surface area is 116 Å². The molecule has 0 radical (unpaired) electrons. The SMILES string of the molecule is CCC(Oc1cc(C(F)(F)F)cc(C(F)(F)F)c1)C(=N)N. The van der Waals surface area contributed by atoms with Crippen LogP contribution >= 0.6 is 0 Å². The summed E-state index contributed by atoms with van der Waals surface area (Å²) in [7, 11) is 0. The molecule has 0 spiro atoms. The Morgan fingerprint density at radius 1 is 1.10 bits per heavy atom. The first-order valence-corrected chi connectivity index (χ1v) is 5.75. The number of hydrogen-bond acceptors (Lipinski definition) is 2. The van der Waals surface area contributed by atoms with Crippen molar-refractivity contribution in [3.63, 3.8) is 0 Å². The number of nitrogens with two attached hydrogens (primary N) is 1. The first kappa shape index (κ1) is 17.1. The topological polar surface area (TPSA) is 59.1 Å². The third-order valence-corrected chi connectivity index (χ3v) is 2.56. The summed E-state index contributed by atoms with van der Waals surface area (Å²) in [5.41, 5.74) is 2.19. The summed E-state index contributed by atoms with van der Waals surface area (Å²) in [5.74, 6) is -1.12. The largest absolute Gasteiger partial charge is 0.483 e. The van der Waals surface area contributed by atoms with E-state index in [1.807, 2.05) is 0 Å². The normalized spacial score (nSPS) is 13.9. The number of nitrogens with one attached hydrogen (secondary N) is 1. The highest BCUT2D eigenvalue weighted by atomic mass is 19.4. The Hall–Kier alpha value is -1.93. The van der Waals surface area contributed by atoms with Gasteiger partial charge in [-0.25, -0.2) is 0 Å². The van der Waals surface area contributed by atoms with E-state index in [0.717, 1.165) is 0 Å². The fourth-order valence-electron chi connectivity index (χ4n) is 1.53. The molecule has 0 saturated carbocycles. The maximum atomic E-state index is 12.6. The van der Waals surface area contributed by atoms with Gasteiger partial charge in [-0.15, -0.1) is 0 Å². The fraction of sp³-hybridized carbons (Fsp3) is 0.417. The Balaban J connectivity index is 3.29. The van der Waals surface area contributed by atoms with Crippen molar-refractivity contribution in [3.8, 4) is 5.75 Å². The van der Waals surface area contributed by atoms with Crippen molar-refractivity contribution in [2.75, 3.05) is 0 Å². The molecule has 0 saturated heterocycles. The molecule has 0 heterocycles. The predicted molar refractivity (Wildman–Crippen MR) is 63.1 cm³/mol. The number of amidine groups is 1. The Morgan fingerprint density at radius 2 is 1.52 bits per heavy atom. The molecule has 0 fully saturated rings. The molecule has 9 heteroatoms. The first-order valence-electron chi connectivity index (χ1n) is 5.75. The summed E-state index contributed by atoms with van der Waals surface area (Å²) in [5, 5.41) is 7.16. The maximum Gasteiger partial charge on any atom is 0.416 e. The molecule has 0 aliphatic rings. The van der Waals surface area contributed by atoms with Crippen LogP contribution in [-0.4, -0.2) is 11.9 Å². The van der Waals surface area contributed by atoms with Crippen LogP contribution in [0.2, 0.25) is 0 Å². The second kappa shape index (κ2) is 5.82. The lowest BCUT2D eigenvalue weighted by atomic mass is 10.1. The maximum absolute atomic E-state index is 12.6. The van der Waals surface area contributed by atoms with Crippen molar-refractivity contribution < 1.29 is 31.1 Å². The van der Waals surface area contributed by atoms with E-state index in [2.05, 4.69) is 0 Å². The van der Waals surface area contributed by atoms with Crippen molar-refractivity contribution in [1.29, 1.82) is 5.41 Å². The zero-order chi connectivity index (χ0) is 16.4. The highest BCUT2D eigenvalue weighted by Gasteiger charge is 2.37. The Bertz CT molecular complexity index is 491. The smallest absolute Gasteiger partial charge is 0.416 e. The Kier molecular flexibility index (Phi) is 4.75. The third-order valence-electron chi connectivity index (χ3n) is 2.56. The van der Waals surface area contributed by atoms with E-state index in [4.69, 9.17) is 15.9 Å². The molecule has 1 aromatic rings. The molecule has 21 heavy (non-hydrogen) atoms. The summed E-state index contributed by atoms with van der Waals surface area (Å²) in [6, 6.07) is 0.892. The lowest BCUT2D eigenvalue weighted by molar-refractivity contribution is -0.143. The molecule has 3 N–H and O–H groups in total. The van der Waals surface area contributed by atoms with Crippen molar-refractivity contribution >= 4 is 5.84 Å². The minimum absolute atomic E-state index is 0.00157. The molecule has 0 bridgehead atoms. The summed E-state index contributed by atoms with van der Waals surface area (Å²) >= 11 is 0. The minimum Gasteiger partial charge on any atom is -0.483 e. The van der Waals surface area contributed by atoms with E-state index in [0.29, 0.717) is 12.1 Å². The predicted octanol–water partition coefficient (Wildman–Crippen LogP) is 3.82. The van der Waals surface area contributed by atoms with Crippen LogP contribution in [0.3, 0.4) is 0 Å². The number of halogens is 6. The van der Waals surface area contributed by atoms with Crippen molar-refractivity contribution in [2.45, 2.75) is 31.8 Å². The van der Waals surface area contributed by atoms with Gasteiger partial charge in [-0.2, -0.15) is 26.3 Å². The van der Waals surface area contributed by atoms with Crippen LogP contribution in [0.15, 0.2) is 18.2 Å². The lowest BCUT2D eigenvalue weighted by Gasteiger charge is -2.19. The summed E-state index contributed by atoms with van der Waals surface area (Å²) in [6.07, 6.45) is -10.9. The van der Waals surface area contributed by atoms with Gasteiger partial charge in [-0.3, -0.25) is 5.41 Å². The number of hydrogen-bond donors (Lipinski definition) is 2. The van der Waals surface area contributed by atoms with E-state index in [1.165, 1.54) is 6.92 Å². The molecule has 1 atom stereocenters. The summed E-state index contributed by atoms with van der Waals surface area (Å²) in [6.45, 7) is 1.53. The van der Waals surface area contributed by atoms with E-state index < -0.39 is 41.2 Å². The molecule has 1 rings (SSSR count). The lowest BCUT2D eigenvalue weighted by Crippen LogP contribution is -2.32. The van der Waals surface area contributed by atoms with Crippen molar-refractivity contribution in [1.82, 2.24) is 0 Å². The fourth-order valence-corrected chi connectivity index (χ4v) is 1.53. The zero-order valence-electron chi connectivity index (χ0n) is 10.8. The molecule has 118 valence electrons. The average Bonchev–Trinajstić information content (AvgIpc) is 2.33. The van der Waals surface area contributed by atoms with Crippen LogP contribution in [0.25, 0.3) is 0 Å². The molecule has 0 aliphatic carbocycles. The van der Waals surface area contributed by atoms with Gasteiger partial charge in [0, 0.05) is 0 Å². The van der Waals surface area contributed by atoms with Gasteiger partial charge in [0.2, 0.25) is 0 Å². The Morgan fingerprint density at radius 3 is 1.81 bits per heavy atom. The van der Waals surface area contributed by atoms with E-state index in [-0.39, 0.29) is 12.5 Å². The molecular formula is C12H12F6N2O. The van der Waals surface area contributed by atoms with Gasteiger partial charge in [0.1, 0.15) is 11.6 Å². The minimum atomic E-state index is -4.95. The van der Waals surface area contributed by atoms with Gasteiger partial charge in [-0.05, 0) is 24.6 Å². The monoisotopic (exact) mass is 314 g/mol. The average molecular weight is 314 g/mol. The van der Waals surface area contributed by atoms with Crippen molar-refractivity contribution in [2.24, 2.45) is 5.73 Å². The molecule has 1 aromatic carbocycles. The third kappa shape index (κ3) is 4.54. The molecular weight excluding hydrogens is 302 g/mol. The molecule has 3 nitrogen and oxygen atoms in total. The van der Waals surface area contributed by atoms with Gasteiger partial charge < -0.3 is 10.5 Å². The molecule has 0 amide bonds. The highest BCUT2D eigenvalue weighted by molar-refractivity contribution is 5.82. The summed E-state index contributed by atoms with van der Waals surface area (Å²) < 4.78 is 80.7. The second-order valence-electron chi connectivity index (χ2n) is 4.21. The highest BCUT2D eigenvalue weighted by Crippen LogP contribution is 2.38. The second-order valence-corrected chi connectivity index (χ2v) is 4.21. The number of ether oxygens (including phenoxy) is 1. The van der Waals surface area contributed by atoms with Gasteiger partial charge in [0.15, 0.2) is 6.10 Å². The first-order chi connectivity index (χ1) is 9.45. The summed E-state index contributed by atoms with van der Waals surface area (Å²) in [4.78, 5) is 0. The van der Waals surface area contributed by atoms with Gasteiger partial charge in [0.05, 0.1) is 11.1 Å². The molecule has 0 aromatic heterocycles. The quantitative estimate of drug-likeness (QED) is 0.504. The number of benzene rings is 1. The number of rotatable bonds is 4. The van der Waals surface area contributed by atoms with E-state index >= 15 is 0 Å². The van der Waals surface area contributed by atoms with Crippen LogP contribution in [0, 0.1) is 5.41 Å². The van der Waals surface area contributed by atoms with E-state index in [1.54, 1.807) is 0 Å². The van der Waals surface area contributed by atoms with Gasteiger partial charge in [0.25, 0.3) is 0 Å². The zero-order valence-corrected chi connectivity index (χ0v) is 10.8. The van der Waals surface area contributed by atoms with Crippen LogP contribution in [0.5, 0.6) is 5.75 Å². The van der Waals surface area contributed by atoms with Crippen LogP contribution in [-0.2, 0) is 12.4 Å². The van der Waals surface area contributed by atoms with Gasteiger partial charge >= 0.3 is 12.4 Å². The van der Waals surface area contributed by atoms with Crippen LogP contribution in [0.1, 0.15) is 24.5 Å².